The molecule has 0 radical (unpaired) electrons. The van der Waals surface area contributed by atoms with Crippen molar-refractivity contribution in [2.75, 3.05) is 13.2 Å². The van der Waals surface area contributed by atoms with Gasteiger partial charge in [-0.25, -0.2) is 0 Å². The Balaban J connectivity index is 1.78. The summed E-state index contributed by atoms with van der Waals surface area (Å²) in [4.78, 5) is 1.35. The molecule has 2 unspecified atom stereocenters. The van der Waals surface area contributed by atoms with E-state index in [9.17, 15) is 0 Å². The van der Waals surface area contributed by atoms with E-state index in [4.69, 9.17) is 4.74 Å². The van der Waals surface area contributed by atoms with E-state index in [0.717, 1.165) is 19.6 Å². The third-order valence-electron chi connectivity index (χ3n) is 3.88. The Morgan fingerprint density at radius 2 is 2.16 bits per heavy atom. The summed E-state index contributed by atoms with van der Waals surface area (Å²) in [6.45, 7) is 6.33. The average molecular weight is 275 g/mol. The van der Waals surface area contributed by atoms with Crippen molar-refractivity contribution in [1.82, 2.24) is 5.32 Å². The lowest BCUT2D eigenvalue weighted by Gasteiger charge is -2.19. The van der Waals surface area contributed by atoms with Gasteiger partial charge in [-0.3, -0.25) is 0 Å². The molecule has 2 aromatic rings. The molecule has 1 aliphatic rings. The van der Waals surface area contributed by atoms with Crippen LogP contribution in [-0.4, -0.2) is 19.2 Å². The maximum atomic E-state index is 6.05. The Morgan fingerprint density at radius 1 is 1.32 bits per heavy atom. The lowest BCUT2D eigenvalue weighted by Crippen LogP contribution is -2.34. The molecule has 1 N–H and O–H groups in total. The van der Waals surface area contributed by atoms with E-state index in [1.54, 1.807) is 0 Å². The lowest BCUT2D eigenvalue weighted by atomic mass is 10.0. The molecule has 102 valence electrons. The second-order valence-corrected chi connectivity index (χ2v) is 6.71. The molecular weight excluding hydrogens is 254 g/mol. The molecule has 0 aliphatic carbocycles. The van der Waals surface area contributed by atoms with Crippen molar-refractivity contribution < 1.29 is 4.74 Å². The number of thiophene rings is 1. The van der Waals surface area contributed by atoms with Gasteiger partial charge in [0, 0.05) is 28.8 Å². The average Bonchev–Trinajstić information content (AvgIpc) is 2.67. The van der Waals surface area contributed by atoms with E-state index >= 15 is 0 Å². The van der Waals surface area contributed by atoms with E-state index < -0.39 is 0 Å². The molecule has 1 saturated heterocycles. The highest BCUT2D eigenvalue weighted by Gasteiger charge is 2.22. The minimum Gasteiger partial charge on any atom is -0.371 e. The van der Waals surface area contributed by atoms with Crippen LogP contribution in [0.2, 0.25) is 0 Å². The molecule has 0 spiro atoms. The fourth-order valence-electron chi connectivity index (χ4n) is 2.67. The molecule has 1 aliphatic heterocycles. The summed E-state index contributed by atoms with van der Waals surface area (Å²) < 4.78 is 7.40. The Labute approximate surface area is 118 Å². The molecule has 0 bridgehead atoms. The number of nitrogens with one attached hydrogen (secondary N) is 1. The van der Waals surface area contributed by atoms with Crippen molar-refractivity contribution in [2.45, 2.75) is 32.4 Å². The monoisotopic (exact) mass is 275 g/mol. The van der Waals surface area contributed by atoms with Crippen LogP contribution in [0.4, 0.5) is 0 Å². The number of ether oxygens (including phenoxy) is 1. The first-order valence-corrected chi connectivity index (χ1v) is 7.89. The van der Waals surface area contributed by atoms with Crippen LogP contribution in [0.15, 0.2) is 30.3 Å². The molecule has 2 heterocycles. The van der Waals surface area contributed by atoms with Gasteiger partial charge in [0.25, 0.3) is 0 Å². The van der Waals surface area contributed by atoms with E-state index in [0.29, 0.717) is 12.0 Å². The van der Waals surface area contributed by atoms with Gasteiger partial charge >= 0.3 is 0 Å². The topological polar surface area (TPSA) is 21.3 Å². The Kier molecular flexibility index (Phi) is 3.87. The molecule has 19 heavy (non-hydrogen) atoms. The fourth-order valence-corrected chi connectivity index (χ4v) is 3.78. The zero-order chi connectivity index (χ0) is 13.2. The highest BCUT2D eigenvalue weighted by Crippen LogP contribution is 2.32. The molecule has 2 nitrogen and oxygen atoms in total. The molecule has 0 amide bonds. The maximum absolute atomic E-state index is 6.05. The van der Waals surface area contributed by atoms with Crippen LogP contribution in [0.25, 0.3) is 10.1 Å². The smallest absolute Gasteiger partial charge is 0.104 e. The summed E-state index contributed by atoms with van der Waals surface area (Å²) in [7, 11) is 0. The highest BCUT2D eigenvalue weighted by atomic mass is 32.1. The predicted molar refractivity (Wildman–Crippen MR) is 81.8 cm³/mol. The molecule has 0 saturated carbocycles. The van der Waals surface area contributed by atoms with Crippen molar-refractivity contribution in [1.29, 1.82) is 0 Å². The lowest BCUT2D eigenvalue weighted by molar-refractivity contribution is 0.0685. The molecule has 3 rings (SSSR count). The largest absolute Gasteiger partial charge is 0.371 e. The second-order valence-electron chi connectivity index (χ2n) is 5.59. The third kappa shape index (κ3) is 2.83. The van der Waals surface area contributed by atoms with Crippen molar-refractivity contribution in [3.8, 4) is 0 Å². The van der Waals surface area contributed by atoms with Gasteiger partial charge in [-0.15, -0.1) is 11.3 Å². The standard InChI is InChI=1S/C16H21NOS/c1-11(2)13-7-8-18-14(10-17-13)16-9-12-5-3-4-6-15(12)19-16/h3-6,9,11,13-14,17H,7-8,10H2,1-2H3. The molecule has 1 aromatic heterocycles. The van der Waals surface area contributed by atoms with Gasteiger partial charge in [-0.1, -0.05) is 32.0 Å². The van der Waals surface area contributed by atoms with Gasteiger partial charge in [0.1, 0.15) is 6.10 Å². The first-order valence-electron chi connectivity index (χ1n) is 7.07. The summed E-state index contributed by atoms with van der Waals surface area (Å²) in [6, 6.07) is 11.4. The minimum atomic E-state index is 0.209. The number of benzene rings is 1. The van der Waals surface area contributed by atoms with Crippen molar-refractivity contribution in [2.24, 2.45) is 5.92 Å². The van der Waals surface area contributed by atoms with Crippen molar-refractivity contribution in [3.05, 3.63) is 35.2 Å². The van der Waals surface area contributed by atoms with Crippen LogP contribution in [0, 0.1) is 5.92 Å². The van der Waals surface area contributed by atoms with Gasteiger partial charge in [0.05, 0.1) is 0 Å². The van der Waals surface area contributed by atoms with Crippen LogP contribution < -0.4 is 5.32 Å². The molecule has 1 aromatic carbocycles. The Bertz CT molecular complexity index is 515. The zero-order valence-corrected chi connectivity index (χ0v) is 12.4. The SMILES string of the molecule is CC(C)C1CCOC(c2cc3ccccc3s2)CN1. The van der Waals surface area contributed by atoms with Gasteiger partial charge in [0.15, 0.2) is 0 Å². The summed E-state index contributed by atoms with van der Waals surface area (Å²) in [5.74, 6) is 0.671. The van der Waals surface area contributed by atoms with Crippen molar-refractivity contribution >= 4 is 21.4 Å². The first-order chi connectivity index (χ1) is 9.24. The van der Waals surface area contributed by atoms with Crippen LogP contribution in [-0.2, 0) is 4.74 Å². The number of hydrogen-bond acceptors (Lipinski definition) is 3. The van der Waals surface area contributed by atoms with Gasteiger partial charge < -0.3 is 10.1 Å². The second kappa shape index (κ2) is 5.61. The quantitative estimate of drug-likeness (QED) is 0.895. The summed E-state index contributed by atoms with van der Waals surface area (Å²) in [5, 5.41) is 4.99. The predicted octanol–water partition coefficient (Wildman–Crippen LogP) is 3.98. The van der Waals surface area contributed by atoms with Gasteiger partial charge in [-0.2, -0.15) is 0 Å². The summed E-state index contributed by atoms with van der Waals surface area (Å²) in [6.07, 6.45) is 1.32. The number of rotatable bonds is 2. The Morgan fingerprint density at radius 3 is 2.95 bits per heavy atom. The van der Waals surface area contributed by atoms with Crippen LogP contribution >= 0.6 is 11.3 Å². The van der Waals surface area contributed by atoms with Crippen molar-refractivity contribution in [3.63, 3.8) is 0 Å². The molecular formula is C16H21NOS. The van der Waals surface area contributed by atoms with E-state index in [2.05, 4.69) is 49.5 Å². The molecule has 2 atom stereocenters. The maximum Gasteiger partial charge on any atom is 0.104 e. The fraction of sp³-hybridized carbons (Fsp3) is 0.500. The summed E-state index contributed by atoms with van der Waals surface area (Å²) in [5.41, 5.74) is 0. The van der Waals surface area contributed by atoms with E-state index in [1.165, 1.54) is 15.0 Å². The van der Waals surface area contributed by atoms with Gasteiger partial charge in [0.2, 0.25) is 0 Å². The van der Waals surface area contributed by atoms with Crippen LogP contribution in [0.5, 0.6) is 0 Å². The zero-order valence-electron chi connectivity index (χ0n) is 11.6. The first kappa shape index (κ1) is 13.1. The number of fused-ring (bicyclic) bond motifs is 1. The minimum absolute atomic E-state index is 0.209. The summed E-state index contributed by atoms with van der Waals surface area (Å²) >= 11 is 1.86. The van der Waals surface area contributed by atoms with Gasteiger partial charge in [-0.05, 0) is 29.9 Å². The van der Waals surface area contributed by atoms with Crippen LogP contribution in [0.3, 0.4) is 0 Å². The molecule has 3 heteroatoms. The highest BCUT2D eigenvalue weighted by molar-refractivity contribution is 7.19. The normalized spacial score (nSPS) is 24.8. The molecule has 1 fully saturated rings. The number of hydrogen-bond donors (Lipinski definition) is 1. The van der Waals surface area contributed by atoms with Crippen LogP contribution in [0.1, 0.15) is 31.2 Å². The van der Waals surface area contributed by atoms with E-state index in [-0.39, 0.29) is 6.10 Å². The van der Waals surface area contributed by atoms with E-state index in [1.807, 2.05) is 11.3 Å². The Hall–Kier alpha value is -0.900. The third-order valence-corrected chi connectivity index (χ3v) is 5.09.